The molecule has 0 aromatic carbocycles. The molecule has 1 aromatic rings. The average molecular weight is 224 g/mol. The molecular weight excluding hydrogens is 208 g/mol. The van der Waals surface area contributed by atoms with Crippen molar-refractivity contribution in [2.24, 2.45) is 0 Å². The van der Waals surface area contributed by atoms with Crippen LogP contribution in [-0.4, -0.2) is 36.4 Å². The van der Waals surface area contributed by atoms with Crippen LogP contribution in [0, 0.1) is 0 Å². The Hall–Kier alpha value is -1.37. The highest BCUT2D eigenvalue weighted by Gasteiger charge is 2.10. The summed E-state index contributed by atoms with van der Waals surface area (Å²) in [6.07, 6.45) is 2.76. The number of rotatable bonds is 3. The van der Waals surface area contributed by atoms with Gasteiger partial charge in [0.15, 0.2) is 0 Å². The third-order valence-corrected chi connectivity index (χ3v) is 2.58. The van der Waals surface area contributed by atoms with Crippen molar-refractivity contribution in [1.29, 1.82) is 0 Å². The Kier molecular flexibility index (Phi) is 3.92. The zero-order valence-electron chi connectivity index (χ0n) is 9.02. The highest BCUT2D eigenvalue weighted by atomic mass is 17.2. The predicted octanol–water partition coefficient (Wildman–Crippen LogP) is 0.698. The minimum atomic E-state index is 0.624. The summed E-state index contributed by atoms with van der Waals surface area (Å²) in [5, 5.41) is 11.6. The van der Waals surface area contributed by atoms with E-state index in [1.807, 2.05) is 12.1 Å². The average Bonchev–Trinajstić information content (AvgIpc) is 2.59. The minimum Gasteiger partial charge on any atom is -0.355 e. The molecule has 1 saturated heterocycles. The molecular formula is C10H16N4O2. The van der Waals surface area contributed by atoms with E-state index >= 15 is 0 Å². The Morgan fingerprint density at radius 1 is 1.38 bits per heavy atom. The summed E-state index contributed by atoms with van der Waals surface area (Å²) in [7, 11) is 0. The lowest BCUT2D eigenvalue weighted by Crippen LogP contribution is -2.28. The molecule has 0 spiro atoms. The van der Waals surface area contributed by atoms with Gasteiger partial charge in [-0.05, 0) is 25.1 Å². The molecule has 1 fully saturated rings. The van der Waals surface area contributed by atoms with Crippen LogP contribution < -0.4 is 15.7 Å². The first-order valence-corrected chi connectivity index (χ1v) is 5.38. The molecule has 1 aromatic heterocycles. The lowest BCUT2D eigenvalue weighted by atomic mass is 10.3. The summed E-state index contributed by atoms with van der Waals surface area (Å²) >= 11 is 0. The maximum Gasteiger partial charge on any atom is 0.128 e. The Morgan fingerprint density at radius 2 is 2.31 bits per heavy atom. The first-order valence-electron chi connectivity index (χ1n) is 5.38. The highest BCUT2D eigenvalue weighted by molar-refractivity contribution is 5.47. The number of hydrogen-bond acceptors (Lipinski definition) is 6. The molecule has 0 bridgehead atoms. The SMILES string of the molecule is OONc1ccc(N2CCCNCC2)nc1. The van der Waals surface area contributed by atoms with Gasteiger partial charge in [0.05, 0.1) is 11.9 Å². The smallest absolute Gasteiger partial charge is 0.128 e. The molecule has 2 heterocycles. The number of nitrogens with one attached hydrogen (secondary N) is 2. The van der Waals surface area contributed by atoms with E-state index in [-0.39, 0.29) is 0 Å². The minimum absolute atomic E-state index is 0.624. The number of anilines is 2. The summed E-state index contributed by atoms with van der Waals surface area (Å²) in [5.74, 6) is 0.951. The summed E-state index contributed by atoms with van der Waals surface area (Å²) in [6, 6.07) is 3.73. The van der Waals surface area contributed by atoms with E-state index in [0.717, 1.165) is 38.4 Å². The van der Waals surface area contributed by atoms with Gasteiger partial charge in [-0.2, -0.15) is 0 Å². The van der Waals surface area contributed by atoms with Crippen molar-refractivity contribution in [3.63, 3.8) is 0 Å². The molecule has 0 saturated carbocycles. The molecule has 3 N–H and O–H groups in total. The lowest BCUT2D eigenvalue weighted by Gasteiger charge is -2.20. The second kappa shape index (κ2) is 5.64. The Morgan fingerprint density at radius 3 is 3.06 bits per heavy atom. The van der Waals surface area contributed by atoms with E-state index in [0.29, 0.717) is 5.69 Å². The van der Waals surface area contributed by atoms with Crippen molar-refractivity contribution in [2.45, 2.75) is 6.42 Å². The fourth-order valence-corrected chi connectivity index (χ4v) is 1.76. The van der Waals surface area contributed by atoms with Crippen LogP contribution in [0.3, 0.4) is 0 Å². The summed E-state index contributed by atoms with van der Waals surface area (Å²) < 4.78 is 0. The zero-order chi connectivity index (χ0) is 11.2. The van der Waals surface area contributed by atoms with Crippen molar-refractivity contribution in [1.82, 2.24) is 10.3 Å². The summed E-state index contributed by atoms with van der Waals surface area (Å²) in [4.78, 5) is 10.4. The largest absolute Gasteiger partial charge is 0.355 e. The van der Waals surface area contributed by atoms with Gasteiger partial charge in [-0.1, -0.05) is 0 Å². The molecule has 1 aliphatic heterocycles. The molecule has 6 heteroatoms. The van der Waals surface area contributed by atoms with Crippen LogP contribution in [0.25, 0.3) is 0 Å². The van der Waals surface area contributed by atoms with E-state index in [4.69, 9.17) is 5.26 Å². The van der Waals surface area contributed by atoms with Gasteiger partial charge in [-0.15, -0.1) is 4.99 Å². The standard InChI is InChI=1S/C10H16N4O2/c15-16-13-9-2-3-10(12-8-9)14-6-1-4-11-5-7-14/h2-3,8,11,13,15H,1,4-7H2. The monoisotopic (exact) mass is 224 g/mol. The van der Waals surface area contributed by atoms with Crippen LogP contribution in [-0.2, 0) is 4.99 Å². The quantitative estimate of drug-likeness (QED) is 0.518. The van der Waals surface area contributed by atoms with Gasteiger partial charge in [-0.25, -0.2) is 15.7 Å². The molecule has 88 valence electrons. The van der Waals surface area contributed by atoms with Crippen LogP contribution in [0.15, 0.2) is 18.3 Å². The maximum atomic E-state index is 8.22. The van der Waals surface area contributed by atoms with Gasteiger partial charge < -0.3 is 10.2 Å². The van der Waals surface area contributed by atoms with E-state index in [1.165, 1.54) is 0 Å². The molecule has 0 atom stereocenters. The number of pyridine rings is 1. The van der Waals surface area contributed by atoms with Crippen LogP contribution in [0.5, 0.6) is 0 Å². The molecule has 0 aliphatic carbocycles. The molecule has 0 unspecified atom stereocenters. The maximum absolute atomic E-state index is 8.22. The molecule has 16 heavy (non-hydrogen) atoms. The normalized spacial score (nSPS) is 16.9. The second-order valence-corrected chi connectivity index (χ2v) is 3.69. The summed E-state index contributed by atoms with van der Waals surface area (Å²) in [5.41, 5.74) is 2.94. The second-order valence-electron chi connectivity index (χ2n) is 3.69. The van der Waals surface area contributed by atoms with E-state index in [9.17, 15) is 0 Å². The first-order chi connectivity index (χ1) is 7.90. The van der Waals surface area contributed by atoms with Gasteiger partial charge in [0.25, 0.3) is 0 Å². The van der Waals surface area contributed by atoms with Gasteiger partial charge in [0, 0.05) is 19.6 Å². The van der Waals surface area contributed by atoms with E-state index in [2.05, 4.69) is 25.7 Å². The molecule has 0 amide bonds. The van der Waals surface area contributed by atoms with Crippen LogP contribution in [0.1, 0.15) is 6.42 Å². The topological polar surface area (TPSA) is 69.7 Å². The number of nitrogens with zero attached hydrogens (tertiary/aromatic N) is 2. The third-order valence-electron chi connectivity index (χ3n) is 2.58. The number of hydrogen-bond donors (Lipinski definition) is 3. The van der Waals surface area contributed by atoms with E-state index in [1.54, 1.807) is 6.20 Å². The Labute approximate surface area is 94.1 Å². The summed E-state index contributed by atoms with van der Waals surface area (Å²) in [6.45, 7) is 4.04. The van der Waals surface area contributed by atoms with Crippen molar-refractivity contribution in [3.05, 3.63) is 18.3 Å². The molecule has 2 rings (SSSR count). The van der Waals surface area contributed by atoms with Crippen LogP contribution in [0.2, 0.25) is 0 Å². The highest BCUT2D eigenvalue weighted by Crippen LogP contribution is 2.14. The Bertz CT molecular complexity index is 309. The zero-order valence-corrected chi connectivity index (χ0v) is 9.02. The van der Waals surface area contributed by atoms with Gasteiger partial charge >= 0.3 is 0 Å². The van der Waals surface area contributed by atoms with Crippen LogP contribution >= 0.6 is 0 Å². The van der Waals surface area contributed by atoms with Crippen molar-refractivity contribution in [2.75, 3.05) is 36.6 Å². The molecule has 6 nitrogen and oxygen atoms in total. The first kappa shape index (κ1) is 11.1. The van der Waals surface area contributed by atoms with Crippen molar-refractivity contribution in [3.8, 4) is 0 Å². The Balaban J connectivity index is 2.01. The van der Waals surface area contributed by atoms with Gasteiger partial charge in [-0.3, -0.25) is 0 Å². The molecule has 1 aliphatic rings. The van der Waals surface area contributed by atoms with Gasteiger partial charge in [0.1, 0.15) is 5.82 Å². The lowest BCUT2D eigenvalue weighted by molar-refractivity contribution is -0.215. The fraction of sp³-hybridized carbons (Fsp3) is 0.500. The predicted molar refractivity (Wildman–Crippen MR) is 61.3 cm³/mol. The van der Waals surface area contributed by atoms with Crippen LogP contribution in [0.4, 0.5) is 11.5 Å². The number of aromatic nitrogens is 1. The van der Waals surface area contributed by atoms with Crippen molar-refractivity contribution >= 4 is 11.5 Å². The van der Waals surface area contributed by atoms with Gasteiger partial charge in [0.2, 0.25) is 0 Å². The third kappa shape index (κ3) is 2.82. The van der Waals surface area contributed by atoms with E-state index < -0.39 is 0 Å². The molecule has 0 radical (unpaired) electrons. The fourth-order valence-electron chi connectivity index (χ4n) is 1.76. The van der Waals surface area contributed by atoms with Crippen molar-refractivity contribution < 1.29 is 10.2 Å².